The molecule has 0 spiro atoms. The van der Waals surface area contributed by atoms with Gasteiger partial charge in [0.1, 0.15) is 17.2 Å². The van der Waals surface area contributed by atoms with Gasteiger partial charge in [0.05, 0.1) is 13.4 Å². The van der Waals surface area contributed by atoms with Crippen LogP contribution in [0, 0.1) is 0 Å². The molecule has 3 aromatic rings. The molecule has 2 amide bonds. The number of aromatic hydroxyl groups is 2. The summed E-state index contributed by atoms with van der Waals surface area (Å²) in [5.74, 6) is -5.01. The number of benzene rings is 3. The van der Waals surface area contributed by atoms with Gasteiger partial charge in [0.2, 0.25) is 5.76 Å². The maximum absolute atomic E-state index is 12.9. The Labute approximate surface area is 368 Å². The van der Waals surface area contributed by atoms with Crippen LogP contribution in [0.15, 0.2) is 65.9 Å². The van der Waals surface area contributed by atoms with Gasteiger partial charge in [-0.05, 0) is 107 Å². The number of nitrogens with one attached hydrogen (secondary N) is 2. The van der Waals surface area contributed by atoms with Crippen LogP contribution in [0.1, 0.15) is 16.7 Å². The van der Waals surface area contributed by atoms with Gasteiger partial charge in [-0.25, -0.2) is 13.2 Å². The molecular formula is C31H26Br3N4NaO13S3. The van der Waals surface area contributed by atoms with Crippen molar-refractivity contribution >= 4 is 115 Å². The molecule has 1 aliphatic rings. The molecule has 0 fully saturated rings. The van der Waals surface area contributed by atoms with Crippen molar-refractivity contribution in [2.45, 2.75) is 12.8 Å². The minimum Gasteiger partial charge on any atom is -0.716 e. The molecule has 3 aromatic carbocycles. The van der Waals surface area contributed by atoms with Crippen LogP contribution in [0.4, 0.5) is 0 Å². The van der Waals surface area contributed by atoms with E-state index in [0.717, 1.165) is 12.1 Å². The van der Waals surface area contributed by atoms with Crippen molar-refractivity contribution < 1.29 is 91.6 Å². The maximum atomic E-state index is 12.9. The summed E-state index contributed by atoms with van der Waals surface area (Å²) in [6.07, 6.45) is 0.390. The summed E-state index contributed by atoms with van der Waals surface area (Å²) >= 11 is 9.50. The van der Waals surface area contributed by atoms with Crippen LogP contribution in [0.3, 0.4) is 0 Å². The van der Waals surface area contributed by atoms with E-state index in [9.17, 15) is 53.1 Å². The standard InChI is InChI=1S/C31H27Br3N4O13S3.Na/c32-19-7-14-5-17(26(19)39)18-6-15(9-21(34)28(18)51-54(47,48)49)13-25(31(43)44)50-24-12-16(8-20(33)27(24)40)11-23(38-46)30(42)36-2-4-53-52-3-1-35-29(41)22(10-14)37-45;/h5-9,12-13,39-40,45-46H,1-4,10-11H2,(H,35,41)(H,36,42)(H,43,44)(H,47,48,49);/q;+1/p-1/b25-13-,37-22+,38-23+;. The first-order chi connectivity index (χ1) is 25.5. The molecule has 288 valence electrons. The quantitative estimate of drug-likeness (QED) is 0.0492. The third-order valence-corrected chi connectivity index (χ3v) is 11.6. The molecule has 1 aliphatic heterocycles. The third kappa shape index (κ3) is 13.0. The molecule has 4 rings (SSSR count). The van der Waals surface area contributed by atoms with Crippen molar-refractivity contribution in [2.75, 3.05) is 24.6 Å². The Morgan fingerprint density at radius 1 is 0.818 bits per heavy atom. The van der Waals surface area contributed by atoms with Crippen molar-refractivity contribution in [3.8, 4) is 34.1 Å². The minimum absolute atomic E-state index is 0. The second kappa shape index (κ2) is 21.0. The number of amides is 2. The number of aliphatic carboxylic acids is 1. The summed E-state index contributed by atoms with van der Waals surface area (Å²) in [7, 11) is -2.67. The number of rotatable bonds is 3. The molecular weight excluding hydrogens is 995 g/mol. The first-order valence-electron chi connectivity index (χ1n) is 14.9. The summed E-state index contributed by atoms with van der Waals surface area (Å²) in [5.41, 5.74) is -0.583. The molecule has 0 aromatic heterocycles. The number of nitrogens with zero attached hydrogens (tertiary/aromatic N) is 2. The summed E-state index contributed by atoms with van der Waals surface area (Å²) in [6.45, 7) is 0.351. The van der Waals surface area contributed by atoms with E-state index >= 15 is 0 Å². The Morgan fingerprint density at radius 2 is 1.35 bits per heavy atom. The summed E-state index contributed by atoms with van der Waals surface area (Å²) < 4.78 is 45.6. The number of oxime groups is 2. The van der Waals surface area contributed by atoms with Gasteiger partial charge in [-0.3, -0.25) is 9.59 Å². The van der Waals surface area contributed by atoms with Crippen LogP contribution < -0.4 is 49.1 Å². The number of ether oxygens (including phenoxy) is 1. The van der Waals surface area contributed by atoms with E-state index < -0.39 is 56.9 Å². The number of carbonyl (C=O) groups is 3. The molecule has 0 saturated heterocycles. The predicted molar refractivity (Wildman–Crippen MR) is 208 cm³/mol. The van der Waals surface area contributed by atoms with Crippen LogP contribution in [0.5, 0.6) is 23.0 Å². The van der Waals surface area contributed by atoms with Crippen LogP contribution in [-0.2, 0) is 37.6 Å². The molecule has 0 saturated carbocycles. The second-order valence-electron chi connectivity index (χ2n) is 10.8. The van der Waals surface area contributed by atoms with Gasteiger partial charge in [0.25, 0.3) is 22.2 Å². The molecule has 0 unspecified atom stereocenters. The number of phenolic OH excluding ortho intramolecular Hbond substituents is 2. The average molecular weight is 1020 g/mol. The third-order valence-electron chi connectivity index (χ3n) is 7.02. The van der Waals surface area contributed by atoms with E-state index in [2.05, 4.69) is 68.7 Å². The zero-order chi connectivity index (χ0) is 39.7. The van der Waals surface area contributed by atoms with E-state index in [1.807, 2.05) is 0 Å². The van der Waals surface area contributed by atoms with Crippen molar-refractivity contribution in [1.29, 1.82) is 0 Å². The molecule has 1 heterocycles. The Hall–Kier alpha value is -3.00. The summed E-state index contributed by atoms with van der Waals surface area (Å²) in [4.78, 5) is 38.0. The Morgan fingerprint density at radius 3 is 1.85 bits per heavy atom. The zero-order valence-electron chi connectivity index (χ0n) is 28.0. The fourth-order valence-electron chi connectivity index (χ4n) is 4.70. The SMILES string of the molecule is O=C(O)/C1=C/c2cc(Br)c(OS(=O)(=O)[O-])c(c2)-c2cc(cc(Br)c2O)C/C(=N\O)C(=O)NCCSSCCNC(=O)/C(=N/O)Cc2cc(Br)c(O)c(c2)O1.[Na+]. The number of hydrogen-bond acceptors (Lipinski definition) is 16. The number of halogens is 3. The van der Waals surface area contributed by atoms with Crippen LogP contribution >= 0.6 is 69.4 Å². The number of hydrogen-bond donors (Lipinski definition) is 7. The van der Waals surface area contributed by atoms with Crippen LogP contribution in [-0.4, -0.2) is 92.5 Å². The number of carboxylic acid groups (broad SMARTS) is 1. The van der Waals surface area contributed by atoms with Gasteiger partial charge in [-0.2, -0.15) is 0 Å². The number of fused-ring (bicyclic) bond motifs is 7. The first-order valence-corrected chi connectivity index (χ1v) is 21.1. The number of carbonyl (C=O) groups excluding carboxylic acids is 2. The molecule has 55 heavy (non-hydrogen) atoms. The van der Waals surface area contributed by atoms with Crippen LogP contribution in [0.25, 0.3) is 17.2 Å². The van der Waals surface area contributed by atoms with E-state index in [4.69, 9.17) is 8.92 Å². The van der Waals surface area contributed by atoms with E-state index in [1.165, 1.54) is 51.9 Å². The summed E-state index contributed by atoms with van der Waals surface area (Å²) in [6, 6.07) is 7.63. The first kappa shape index (κ1) is 46.4. The Balaban J connectivity index is 0.00000812. The largest absolute Gasteiger partial charge is 1.00 e. The summed E-state index contributed by atoms with van der Waals surface area (Å²) in [5, 5.41) is 62.6. The molecule has 0 atom stereocenters. The smallest absolute Gasteiger partial charge is 0.716 e. The van der Waals surface area contributed by atoms with Gasteiger partial charge in [0, 0.05) is 48.6 Å². The fraction of sp³-hybridized carbons (Fsp3) is 0.194. The minimum atomic E-state index is -5.43. The van der Waals surface area contributed by atoms with Gasteiger partial charge < -0.3 is 49.8 Å². The molecule has 6 bridgehead atoms. The zero-order valence-corrected chi connectivity index (χ0v) is 37.2. The molecule has 7 N–H and O–H groups in total. The average Bonchev–Trinajstić information content (AvgIpc) is 3.10. The number of carboxylic acids is 1. The Bertz CT molecular complexity index is 2190. The van der Waals surface area contributed by atoms with E-state index in [0.29, 0.717) is 11.5 Å². The van der Waals surface area contributed by atoms with E-state index in [1.54, 1.807) is 0 Å². The number of phenols is 2. The van der Waals surface area contributed by atoms with Gasteiger partial charge >= 0.3 is 35.5 Å². The van der Waals surface area contributed by atoms with Crippen molar-refractivity contribution in [1.82, 2.24) is 10.6 Å². The van der Waals surface area contributed by atoms with Gasteiger partial charge in [-0.15, -0.1) is 0 Å². The maximum Gasteiger partial charge on any atom is 1.00 e. The normalized spacial score (nSPS) is 17.5. The van der Waals surface area contributed by atoms with Crippen molar-refractivity contribution in [2.24, 2.45) is 10.3 Å². The van der Waals surface area contributed by atoms with Gasteiger partial charge in [0.15, 0.2) is 17.2 Å². The second-order valence-corrected chi connectivity index (χ2v) is 17.0. The molecule has 24 heteroatoms. The van der Waals surface area contributed by atoms with Crippen molar-refractivity contribution in [3.63, 3.8) is 0 Å². The predicted octanol–water partition coefficient (Wildman–Crippen LogP) is 1.77. The van der Waals surface area contributed by atoms with Crippen molar-refractivity contribution in [3.05, 3.63) is 72.3 Å². The molecule has 17 nitrogen and oxygen atoms in total. The van der Waals surface area contributed by atoms with Gasteiger partial charge in [-0.1, -0.05) is 31.9 Å². The molecule has 0 radical (unpaired) electrons. The Kier molecular flexibility index (Phi) is 17.7. The fourth-order valence-corrected chi connectivity index (χ4v) is 8.56. The van der Waals surface area contributed by atoms with E-state index in [-0.39, 0.29) is 108 Å². The molecule has 0 aliphatic carbocycles. The van der Waals surface area contributed by atoms with Crippen LogP contribution in [0.2, 0.25) is 0 Å². The topological polar surface area (TPSA) is 277 Å². The monoisotopic (exact) mass is 1020 g/mol.